The van der Waals surface area contributed by atoms with Crippen LogP contribution in [0.4, 0.5) is 22.7 Å². The van der Waals surface area contributed by atoms with Gasteiger partial charge in [-0.25, -0.2) is 0 Å². The Morgan fingerprint density at radius 2 is 0.830 bits per heavy atom. The SMILES string of the molecule is [C-]#[N+]c1ccc(N(c2cc[c]([Ge]([c]3ccccc3)([c]3ccccc3)[c]3ccccc3)cc2)c2ccc3c(c2)c2ccccc2n3-c2ccccc2)cc1. The second kappa shape index (κ2) is 13.8. The first-order valence-electron chi connectivity index (χ1n) is 17.9. The summed E-state index contributed by atoms with van der Waals surface area (Å²) in [7, 11) is 0. The summed E-state index contributed by atoms with van der Waals surface area (Å²) in [6, 6.07) is 76.5. The summed E-state index contributed by atoms with van der Waals surface area (Å²) in [4.78, 5) is 6.00. The average molecular weight is 738 g/mol. The van der Waals surface area contributed by atoms with Crippen LogP contribution in [0.15, 0.2) is 212 Å². The molecule has 250 valence electrons. The van der Waals surface area contributed by atoms with Crippen molar-refractivity contribution in [2.45, 2.75) is 0 Å². The van der Waals surface area contributed by atoms with Crippen LogP contribution in [-0.4, -0.2) is 17.8 Å². The number of fused-ring (bicyclic) bond motifs is 3. The van der Waals surface area contributed by atoms with E-state index >= 15 is 0 Å². The molecule has 0 amide bonds. The first-order chi connectivity index (χ1) is 26.3. The van der Waals surface area contributed by atoms with Crippen molar-refractivity contribution in [3.63, 3.8) is 0 Å². The maximum absolute atomic E-state index is 7.60. The third-order valence-corrected chi connectivity index (χ3v) is 20.4. The molecular weight excluding hydrogens is 703 g/mol. The first-order valence-corrected chi connectivity index (χ1v) is 22.1. The van der Waals surface area contributed by atoms with Crippen molar-refractivity contribution < 1.29 is 0 Å². The van der Waals surface area contributed by atoms with Crippen LogP contribution >= 0.6 is 0 Å². The Hall–Kier alpha value is -6.61. The van der Waals surface area contributed by atoms with Crippen molar-refractivity contribution in [2.24, 2.45) is 0 Å². The molecule has 0 bridgehead atoms. The fourth-order valence-electron chi connectivity index (χ4n) is 8.00. The zero-order chi connectivity index (χ0) is 35.6. The Balaban J connectivity index is 1.24. The predicted octanol–water partition coefficient (Wildman–Crippen LogP) is 10.2. The minimum absolute atomic E-state index is 0.622. The number of para-hydroxylation sites is 2. The molecule has 0 unspecified atom stereocenters. The zero-order valence-electron chi connectivity index (χ0n) is 29.0. The Bertz CT molecular complexity index is 2600. The molecule has 0 atom stereocenters. The average Bonchev–Trinajstić information content (AvgIpc) is 3.57. The monoisotopic (exact) mass is 739 g/mol. The van der Waals surface area contributed by atoms with Crippen LogP contribution in [0.5, 0.6) is 0 Å². The summed E-state index contributed by atoms with van der Waals surface area (Å²) in [5.41, 5.74) is 7.20. The van der Waals surface area contributed by atoms with Crippen LogP contribution < -0.4 is 22.5 Å². The van der Waals surface area contributed by atoms with Crippen molar-refractivity contribution in [2.75, 3.05) is 4.90 Å². The van der Waals surface area contributed by atoms with Crippen molar-refractivity contribution in [3.8, 4) is 5.69 Å². The van der Waals surface area contributed by atoms with Crippen molar-refractivity contribution >= 4 is 75.4 Å². The zero-order valence-corrected chi connectivity index (χ0v) is 31.1. The molecular formula is C49H35GeN3. The molecule has 1 aromatic heterocycles. The number of aromatic nitrogens is 1. The molecule has 0 aliphatic carbocycles. The Morgan fingerprint density at radius 1 is 0.396 bits per heavy atom. The van der Waals surface area contributed by atoms with E-state index in [1.807, 2.05) is 12.1 Å². The summed E-state index contributed by atoms with van der Waals surface area (Å²) in [6.45, 7) is 7.60. The minimum atomic E-state index is -3.43. The molecule has 0 saturated carbocycles. The van der Waals surface area contributed by atoms with Gasteiger partial charge in [0.05, 0.1) is 0 Å². The molecule has 9 rings (SSSR count). The molecule has 0 spiro atoms. The van der Waals surface area contributed by atoms with E-state index in [2.05, 4.69) is 215 Å². The topological polar surface area (TPSA) is 12.5 Å². The van der Waals surface area contributed by atoms with Gasteiger partial charge in [-0.1, -0.05) is 18.2 Å². The summed E-state index contributed by atoms with van der Waals surface area (Å²) in [5.74, 6) is 0. The van der Waals surface area contributed by atoms with Crippen molar-refractivity contribution in [1.29, 1.82) is 0 Å². The summed E-state index contributed by atoms with van der Waals surface area (Å²) in [6.07, 6.45) is 0. The Labute approximate surface area is 312 Å². The Kier molecular flexibility index (Phi) is 8.44. The maximum atomic E-state index is 7.60. The first kappa shape index (κ1) is 32.3. The van der Waals surface area contributed by atoms with E-state index in [4.69, 9.17) is 6.57 Å². The molecule has 9 aromatic rings. The van der Waals surface area contributed by atoms with Gasteiger partial charge in [-0.05, 0) is 0 Å². The van der Waals surface area contributed by atoms with E-state index in [1.54, 1.807) is 0 Å². The molecule has 4 heteroatoms. The second-order valence-corrected chi connectivity index (χ2v) is 21.2. The molecule has 0 aliphatic rings. The van der Waals surface area contributed by atoms with Crippen LogP contribution in [-0.2, 0) is 0 Å². The standard InChI is InChI=1S/C49H35GeN3/c1-51-41-28-32-44(33-29-41)52(45-34-35-49-47(36-45)46-24-14-15-25-48(46)53(49)42-22-12-5-13-23-42)43-30-26-40(27-31-43)50(37-16-6-2-7-17-37,38-18-8-3-9-19-38)39-20-10-4-11-21-39/h2-36H. The van der Waals surface area contributed by atoms with Gasteiger partial charge in [0.2, 0.25) is 0 Å². The molecule has 1 heterocycles. The Morgan fingerprint density at radius 3 is 1.38 bits per heavy atom. The quantitative estimate of drug-likeness (QED) is 0.112. The van der Waals surface area contributed by atoms with Gasteiger partial charge in [-0.3, -0.25) is 0 Å². The van der Waals surface area contributed by atoms with Crippen molar-refractivity contribution in [1.82, 2.24) is 4.57 Å². The number of benzene rings is 8. The normalized spacial score (nSPS) is 11.4. The molecule has 0 aliphatic heterocycles. The number of hydrogen-bond acceptors (Lipinski definition) is 1. The van der Waals surface area contributed by atoms with Gasteiger partial charge in [0.25, 0.3) is 0 Å². The molecule has 0 saturated heterocycles. The molecule has 53 heavy (non-hydrogen) atoms. The van der Waals surface area contributed by atoms with Crippen LogP contribution in [0.1, 0.15) is 0 Å². The summed E-state index contributed by atoms with van der Waals surface area (Å²) in [5, 5.41) is 2.39. The molecule has 8 aromatic carbocycles. The fourth-order valence-corrected chi connectivity index (χ4v) is 18.0. The van der Waals surface area contributed by atoms with E-state index in [0.717, 1.165) is 28.3 Å². The number of hydrogen-bond donors (Lipinski definition) is 0. The van der Waals surface area contributed by atoms with Gasteiger partial charge in [-0.15, -0.1) is 0 Å². The van der Waals surface area contributed by atoms with Crippen molar-refractivity contribution in [3.05, 3.63) is 224 Å². The summed E-state index contributed by atoms with van der Waals surface area (Å²) >= 11 is -3.43. The van der Waals surface area contributed by atoms with Crippen LogP contribution in [0.3, 0.4) is 0 Å². The van der Waals surface area contributed by atoms with Gasteiger partial charge in [0.1, 0.15) is 0 Å². The van der Waals surface area contributed by atoms with Gasteiger partial charge < -0.3 is 0 Å². The van der Waals surface area contributed by atoms with Gasteiger partial charge in [0, 0.05) is 0 Å². The van der Waals surface area contributed by atoms with Gasteiger partial charge >= 0.3 is 296 Å². The number of anilines is 3. The second-order valence-electron chi connectivity index (χ2n) is 13.2. The fraction of sp³-hybridized carbons (Fsp3) is 0. The third-order valence-electron chi connectivity index (χ3n) is 10.3. The van der Waals surface area contributed by atoms with Crippen LogP contribution in [0.25, 0.3) is 32.3 Å². The number of rotatable bonds is 8. The molecule has 3 nitrogen and oxygen atoms in total. The van der Waals surface area contributed by atoms with E-state index in [9.17, 15) is 0 Å². The molecule has 0 N–H and O–H groups in total. The predicted molar refractivity (Wildman–Crippen MR) is 225 cm³/mol. The van der Waals surface area contributed by atoms with E-state index in [1.165, 1.54) is 33.9 Å². The number of nitrogens with zero attached hydrogens (tertiary/aromatic N) is 3. The molecule has 0 radical (unpaired) electrons. The third kappa shape index (κ3) is 5.61. The van der Waals surface area contributed by atoms with E-state index in [0.29, 0.717) is 5.69 Å². The van der Waals surface area contributed by atoms with E-state index in [-0.39, 0.29) is 0 Å². The molecule has 0 fully saturated rings. The van der Waals surface area contributed by atoms with Gasteiger partial charge in [0.15, 0.2) is 0 Å². The van der Waals surface area contributed by atoms with Crippen LogP contribution in [0.2, 0.25) is 0 Å². The van der Waals surface area contributed by atoms with E-state index < -0.39 is 13.3 Å². The van der Waals surface area contributed by atoms with Crippen LogP contribution in [0, 0.1) is 6.57 Å². The van der Waals surface area contributed by atoms with Gasteiger partial charge in [-0.2, -0.15) is 0 Å². The summed E-state index contributed by atoms with van der Waals surface area (Å²) < 4.78 is 7.89.